The molecule has 1 aromatic carbocycles. The summed E-state index contributed by atoms with van der Waals surface area (Å²) in [7, 11) is 0. The molecule has 2 atom stereocenters. The van der Waals surface area contributed by atoms with Gasteiger partial charge >= 0.3 is 0 Å². The van der Waals surface area contributed by atoms with Gasteiger partial charge in [0.2, 0.25) is 0 Å². The molecule has 0 saturated carbocycles. The van der Waals surface area contributed by atoms with Crippen LogP contribution in [0.5, 0.6) is 0 Å². The van der Waals surface area contributed by atoms with Gasteiger partial charge in [-0.3, -0.25) is 0 Å². The standard InChI is InChI=1S/C16H18ClNS/c1-10-3-5-12(6-4-10)11(2)18-14-7-8-15-13(14)9-16(17)19-15/h3-6,9,11,14,18H,7-8H2,1-2H3. The van der Waals surface area contributed by atoms with Crippen molar-refractivity contribution in [2.75, 3.05) is 0 Å². The quantitative estimate of drug-likeness (QED) is 0.834. The summed E-state index contributed by atoms with van der Waals surface area (Å²) in [4.78, 5) is 1.46. The van der Waals surface area contributed by atoms with Crippen LogP contribution < -0.4 is 5.32 Å². The van der Waals surface area contributed by atoms with Crippen LogP contribution >= 0.6 is 22.9 Å². The lowest BCUT2D eigenvalue weighted by molar-refractivity contribution is 0.465. The van der Waals surface area contributed by atoms with E-state index in [2.05, 4.69) is 49.5 Å². The van der Waals surface area contributed by atoms with E-state index in [1.165, 1.54) is 28.0 Å². The Kier molecular flexibility index (Phi) is 3.66. The summed E-state index contributed by atoms with van der Waals surface area (Å²) in [6.45, 7) is 4.36. The Morgan fingerprint density at radius 2 is 2.05 bits per heavy atom. The highest BCUT2D eigenvalue weighted by Crippen LogP contribution is 2.40. The highest BCUT2D eigenvalue weighted by atomic mass is 35.5. The lowest BCUT2D eigenvalue weighted by Crippen LogP contribution is -2.22. The summed E-state index contributed by atoms with van der Waals surface area (Å²) in [5.74, 6) is 0. The maximum atomic E-state index is 6.11. The lowest BCUT2D eigenvalue weighted by atomic mass is 10.0. The molecule has 100 valence electrons. The second-order valence-corrected chi connectivity index (χ2v) is 7.09. The zero-order valence-corrected chi connectivity index (χ0v) is 12.8. The minimum atomic E-state index is 0.371. The van der Waals surface area contributed by atoms with Crippen molar-refractivity contribution in [2.24, 2.45) is 0 Å². The van der Waals surface area contributed by atoms with Crippen LogP contribution in [0.15, 0.2) is 30.3 Å². The number of fused-ring (bicyclic) bond motifs is 1. The number of nitrogens with one attached hydrogen (secondary N) is 1. The van der Waals surface area contributed by atoms with Gasteiger partial charge in [0.25, 0.3) is 0 Å². The van der Waals surface area contributed by atoms with Gasteiger partial charge < -0.3 is 5.32 Å². The van der Waals surface area contributed by atoms with Crippen LogP contribution in [-0.2, 0) is 6.42 Å². The largest absolute Gasteiger partial charge is 0.303 e. The highest BCUT2D eigenvalue weighted by Gasteiger charge is 2.26. The van der Waals surface area contributed by atoms with Crippen LogP contribution in [0.4, 0.5) is 0 Å². The maximum Gasteiger partial charge on any atom is 0.0934 e. The fraction of sp³-hybridized carbons (Fsp3) is 0.375. The number of aryl methyl sites for hydroxylation is 2. The highest BCUT2D eigenvalue weighted by molar-refractivity contribution is 7.16. The first-order valence-corrected chi connectivity index (χ1v) is 7.93. The number of rotatable bonds is 3. The molecule has 1 nitrogen and oxygen atoms in total. The molecule has 0 radical (unpaired) electrons. The van der Waals surface area contributed by atoms with Crippen molar-refractivity contribution in [3.8, 4) is 0 Å². The Morgan fingerprint density at radius 3 is 2.79 bits per heavy atom. The number of halogens is 1. The van der Waals surface area contributed by atoms with Gasteiger partial charge in [-0.2, -0.15) is 0 Å². The summed E-state index contributed by atoms with van der Waals surface area (Å²) in [6.07, 6.45) is 2.35. The summed E-state index contributed by atoms with van der Waals surface area (Å²) >= 11 is 7.84. The van der Waals surface area contributed by atoms with Crippen molar-refractivity contribution in [1.82, 2.24) is 5.32 Å². The molecule has 0 saturated heterocycles. The molecule has 1 heterocycles. The molecule has 3 rings (SSSR count). The van der Waals surface area contributed by atoms with E-state index in [4.69, 9.17) is 11.6 Å². The molecule has 1 aromatic heterocycles. The minimum absolute atomic E-state index is 0.371. The Balaban J connectivity index is 1.73. The number of thiophene rings is 1. The summed E-state index contributed by atoms with van der Waals surface area (Å²) in [6, 6.07) is 11.7. The van der Waals surface area contributed by atoms with Gasteiger partial charge in [0.1, 0.15) is 0 Å². The average Bonchev–Trinajstić information content (AvgIpc) is 2.91. The zero-order valence-electron chi connectivity index (χ0n) is 11.2. The average molecular weight is 292 g/mol. The Hall–Kier alpha value is -0.830. The Morgan fingerprint density at radius 1 is 1.32 bits per heavy atom. The molecule has 19 heavy (non-hydrogen) atoms. The van der Waals surface area contributed by atoms with Crippen LogP contribution in [0.25, 0.3) is 0 Å². The predicted octanol–water partition coefficient (Wildman–Crippen LogP) is 5.05. The van der Waals surface area contributed by atoms with E-state index in [0.717, 1.165) is 10.8 Å². The van der Waals surface area contributed by atoms with E-state index in [9.17, 15) is 0 Å². The normalized spacial score (nSPS) is 19.4. The van der Waals surface area contributed by atoms with E-state index < -0.39 is 0 Å². The summed E-state index contributed by atoms with van der Waals surface area (Å²) in [5, 5.41) is 3.73. The van der Waals surface area contributed by atoms with E-state index in [1.807, 2.05) is 0 Å². The minimum Gasteiger partial charge on any atom is -0.303 e. The van der Waals surface area contributed by atoms with E-state index in [1.54, 1.807) is 11.3 Å². The van der Waals surface area contributed by atoms with Gasteiger partial charge in [-0.15, -0.1) is 11.3 Å². The van der Waals surface area contributed by atoms with Crippen LogP contribution in [0.1, 0.15) is 47.0 Å². The van der Waals surface area contributed by atoms with Crippen LogP contribution in [-0.4, -0.2) is 0 Å². The lowest BCUT2D eigenvalue weighted by Gasteiger charge is -2.20. The second kappa shape index (κ2) is 5.28. The van der Waals surface area contributed by atoms with Crippen LogP contribution in [0, 0.1) is 6.92 Å². The first kappa shape index (κ1) is 13.2. The van der Waals surface area contributed by atoms with Gasteiger partial charge in [-0.25, -0.2) is 0 Å². The molecule has 0 bridgehead atoms. The first-order valence-electron chi connectivity index (χ1n) is 6.74. The van der Waals surface area contributed by atoms with E-state index in [0.29, 0.717) is 12.1 Å². The molecule has 0 spiro atoms. The summed E-state index contributed by atoms with van der Waals surface area (Å²) < 4.78 is 0.916. The number of hydrogen-bond acceptors (Lipinski definition) is 2. The monoisotopic (exact) mass is 291 g/mol. The van der Waals surface area contributed by atoms with Crippen LogP contribution in [0.2, 0.25) is 4.34 Å². The van der Waals surface area contributed by atoms with Gasteiger partial charge in [0.05, 0.1) is 4.34 Å². The van der Waals surface area contributed by atoms with Crippen molar-refractivity contribution in [2.45, 2.75) is 38.8 Å². The van der Waals surface area contributed by atoms with Gasteiger partial charge in [-0.05, 0) is 43.9 Å². The molecular weight excluding hydrogens is 274 g/mol. The van der Waals surface area contributed by atoms with Crippen molar-refractivity contribution in [3.05, 3.63) is 56.2 Å². The molecule has 0 amide bonds. The molecule has 3 heteroatoms. The fourth-order valence-corrected chi connectivity index (χ4v) is 4.11. The summed E-state index contributed by atoms with van der Waals surface area (Å²) in [5.41, 5.74) is 4.07. The fourth-order valence-electron chi connectivity index (χ4n) is 2.76. The second-order valence-electron chi connectivity index (χ2n) is 5.32. The molecule has 2 unspecified atom stereocenters. The molecule has 1 aliphatic carbocycles. The Labute approximate surface area is 123 Å². The van der Waals surface area contributed by atoms with E-state index >= 15 is 0 Å². The maximum absolute atomic E-state index is 6.11. The van der Waals surface area contributed by atoms with E-state index in [-0.39, 0.29) is 0 Å². The van der Waals surface area contributed by atoms with Gasteiger partial charge in [-0.1, -0.05) is 41.4 Å². The molecule has 1 aliphatic rings. The predicted molar refractivity (Wildman–Crippen MR) is 83.1 cm³/mol. The molecule has 0 fully saturated rings. The van der Waals surface area contributed by atoms with Crippen molar-refractivity contribution < 1.29 is 0 Å². The Bertz CT molecular complexity index is 573. The topological polar surface area (TPSA) is 12.0 Å². The van der Waals surface area contributed by atoms with Gasteiger partial charge in [0, 0.05) is 17.0 Å². The van der Waals surface area contributed by atoms with Crippen molar-refractivity contribution in [3.63, 3.8) is 0 Å². The van der Waals surface area contributed by atoms with Crippen LogP contribution in [0.3, 0.4) is 0 Å². The molecule has 0 aliphatic heterocycles. The van der Waals surface area contributed by atoms with Crippen molar-refractivity contribution >= 4 is 22.9 Å². The SMILES string of the molecule is Cc1ccc(C(C)NC2CCc3sc(Cl)cc32)cc1. The zero-order chi connectivity index (χ0) is 13.4. The molecular formula is C16H18ClNS. The van der Waals surface area contributed by atoms with Gasteiger partial charge in [0.15, 0.2) is 0 Å². The first-order chi connectivity index (χ1) is 9.13. The molecule has 1 N–H and O–H groups in total. The third kappa shape index (κ3) is 2.71. The number of hydrogen-bond donors (Lipinski definition) is 1. The third-order valence-electron chi connectivity index (χ3n) is 3.88. The van der Waals surface area contributed by atoms with Crippen molar-refractivity contribution in [1.29, 1.82) is 0 Å². The number of benzene rings is 1. The third-order valence-corrected chi connectivity index (χ3v) is 5.22. The smallest absolute Gasteiger partial charge is 0.0934 e. The molecule has 2 aromatic rings.